The number of aliphatic hydroxyl groups is 1. The van der Waals surface area contributed by atoms with Crippen LogP contribution in [0.2, 0.25) is 0 Å². The van der Waals surface area contributed by atoms with Crippen LogP contribution in [0.4, 0.5) is 0 Å². The normalized spacial score (nSPS) is 11.1. The standard InChI is InChI=1S/C24H29N3O.C6H8O7/c1-26(2)16-17-27(19-21-12-14-25-15-13-21)18-20-4-6-22(7-5-20)23-8-10-24(28-3)11-9-23;7-3(8)1-6(13,5(11)12)2-4(9)10/h4-15H,16-19H2,1-3H3;13H,1-2H2,(H,7,8)(H,9,10)(H,11,12). The van der Waals surface area contributed by atoms with E-state index in [1.807, 2.05) is 24.5 Å². The molecule has 1 aromatic heterocycles. The number of nitrogens with zero attached hydrogens (tertiary/aromatic N) is 3. The average molecular weight is 568 g/mol. The lowest BCUT2D eigenvalue weighted by Gasteiger charge is -2.24. The van der Waals surface area contributed by atoms with E-state index in [9.17, 15) is 14.4 Å². The van der Waals surface area contributed by atoms with Gasteiger partial charge in [-0.25, -0.2) is 4.79 Å². The number of aromatic nitrogens is 1. The van der Waals surface area contributed by atoms with Gasteiger partial charge in [0.05, 0.1) is 20.0 Å². The highest BCUT2D eigenvalue weighted by molar-refractivity contribution is 5.88. The summed E-state index contributed by atoms with van der Waals surface area (Å²) < 4.78 is 5.24. The van der Waals surface area contributed by atoms with E-state index in [2.05, 4.69) is 77.4 Å². The summed E-state index contributed by atoms with van der Waals surface area (Å²) in [5.74, 6) is -4.14. The predicted octanol–water partition coefficient (Wildman–Crippen LogP) is 3.07. The number of hydrogen-bond acceptors (Lipinski definition) is 8. The van der Waals surface area contributed by atoms with E-state index in [4.69, 9.17) is 25.2 Å². The molecule has 11 nitrogen and oxygen atoms in total. The Kier molecular flexibility index (Phi) is 12.9. The molecule has 0 aliphatic carbocycles. The van der Waals surface area contributed by atoms with Crippen LogP contribution in [0, 0.1) is 0 Å². The van der Waals surface area contributed by atoms with E-state index in [0.29, 0.717) is 0 Å². The predicted molar refractivity (Wildman–Crippen MR) is 152 cm³/mol. The molecule has 0 aliphatic heterocycles. The summed E-state index contributed by atoms with van der Waals surface area (Å²) in [6.45, 7) is 3.92. The minimum Gasteiger partial charge on any atom is -0.497 e. The molecule has 2 aromatic carbocycles. The van der Waals surface area contributed by atoms with Crippen LogP contribution in [0.25, 0.3) is 11.1 Å². The molecule has 4 N–H and O–H groups in total. The molecule has 0 atom stereocenters. The van der Waals surface area contributed by atoms with Gasteiger partial charge in [0.15, 0.2) is 5.60 Å². The van der Waals surface area contributed by atoms with Gasteiger partial charge in [-0.2, -0.15) is 0 Å². The highest BCUT2D eigenvalue weighted by atomic mass is 16.5. The lowest BCUT2D eigenvalue weighted by molar-refractivity contribution is -0.170. The molecular weight excluding hydrogens is 530 g/mol. The molecular formula is C30H37N3O8. The van der Waals surface area contributed by atoms with Gasteiger partial charge in [-0.1, -0.05) is 36.4 Å². The fourth-order valence-corrected chi connectivity index (χ4v) is 3.86. The second-order valence-electron chi connectivity index (χ2n) is 9.77. The van der Waals surface area contributed by atoms with Crippen molar-refractivity contribution in [3.8, 4) is 16.9 Å². The van der Waals surface area contributed by atoms with Crippen molar-refractivity contribution in [1.29, 1.82) is 0 Å². The van der Waals surface area contributed by atoms with Gasteiger partial charge in [0.1, 0.15) is 5.75 Å². The number of aliphatic carboxylic acids is 3. The third-order valence-electron chi connectivity index (χ3n) is 6.09. The third kappa shape index (κ3) is 11.8. The van der Waals surface area contributed by atoms with Gasteiger partial charge in [-0.3, -0.25) is 19.5 Å². The van der Waals surface area contributed by atoms with E-state index in [0.717, 1.165) is 31.9 Å². The van der Waals surface area contributed by atoms with E-state index >= 15 is 0 Å². The summed E-state index contributed by atoms with van der Waals surface area (Å²) in [6.07, 6.45) is 1.44. The van der Waals surface area contributed by atoms with Crippen molar-refractivity contribution in [2.45, 2.75) is 31.5 Å². The molecule has 0 saturated carbocycles. The Hall–Kier alpha value is -4.32. The van der Waals surface area contributed by atoms with E-state index in [1.165, 1.54) is 22.3 Å². The SMILES string of the molecule is COc1ccc(-c2ccc(CN(CCN(C)C)Cc3ccncc3)cc2)cc1.O=C(O)CC(O)(CC(=O)O)C(=O)O. The quantitative estimate of drug-likeness (QED) is 0.227. The van der Waals surface area contributed by atoms with Crippen molar-refractivity contribution >= 4 is 17.9 Å². The summed E-state index contributed by atoms with van der Waals surface area (Å²) in [5, 5.41) is 33.8. The maximum absolute atomic E-state index is 10.3. The smallest absolute Gasteiger partial charge is 0.336 e. The Morgan fingerprint density at radius 3 is 1.63 bits per heavy atom. The summed E-state index contributed by atoms with van der Waals surface area (Å²) in [6, 6.07) is 21.2. The first kappa shape index (κ1) is 32.9. The van der Waals surface area contributed by atoms with Crippen molar-refractivity contribution in [2.75, 3.05) is 34.3 Å². The number of methoxy groups -OCH3 is 1. The third-order valence-corrected chi connectivity index (χ3v) is 6.09. The molecule has 0 unspecified atom stereocenters. The number of ether oxygens (including phenoxy) is 1. The molecule has 0 fully saturated rings. The highest BCUT2D eigenvalue weighted by Gasteiger charge is 2.40. The van der Waals surface area contributed by atoms with Crippen LogP contribution >= 0.6 is 0 Å². The maximum atomic E-state index is 10.3. The zero-order valence-electron chi connectivity index (χ0n) is 23.4. The molecule has 0 saturated heterocycles. The molecule has 11 heteroatoms. The van der Waals surface area contributed by atoms with Crippen LogP contribution < -0.4 is 4.74 Å². The fourth-order valence-electron chi connectivity index (χ4n) is 3.86. The van der Waals surface area contributed by atoms with Crippen molar-refractivity contribution in [3.05, 3.63) is 84.2 Å². The first-order chi connectivity index (χ1) is 19.4. The summed E-state index contributed by atoms with van der Waals surface area (Å²) in [4.78, 5) is 39.3. The summed E-state index contributed by atoms with van der Waals surface area (Å²) in [7, 11) is 5.93. The minimum absolute atomic E-state index is 0.882. The van der Waals surface area contributed by atoms with Gasteiger partial charge < -0.3 is 30.1 Å². The number of carboxylic acid groups (broad SMARTS) is 3. The Balaban J connectivity index is 0.000000383. The number of carbonyl (C=O) groups is 3. The molecule has 0 aliphatic rings. The fraction of sp³-hybridized carbons (Fsp3) is 0.333. The maximum Gasteiger partial charge on any atom is 0.336 e. The van der Waals surface area contributed by atoms with E-state index in [-0.39, 0.29) is 0 Å². The number of benzene rings is 2. The van der Waals surface area contributed by atoms with Gasteiger partial charge in [-0.15, -0.1) is 0 Å². The first-order valence-corrected chi connectivity index (χ1v) is 12.8. The van der Waals surface area contributed by atoms with Gasteiger partial charge in [-0.05, 0) is 60.6 Å². The average Bonchev–Trinajstić information content (AvgIpc) is 2.92. The zero-order valence-corrected chi connectivity index (χ0v) is 23.4. The summed E-state index contributed by atoms with van der Waals surface area (Å²) >= 11 is 0. The number of likely N-dealkylation sites (N-methyl/N-ethyl adjacent to an activating group) is 1. The Labute approximate surface area is 239 Å². The zero-order chi connectivity index (χ0) is 30.4. The van der Waals surface area contributed by atoms with E-state index < -0.39 is 36.4 Å². The molecule has 1 heterocycles. The van der Waals surface area contributed by atoms with Crippen molar-refractivity contribution in [2.24, 2.45) is 0 Å². The van der Waals surface area contributed by atoms with Crippen molar-refractivity contribution in [1.82, 2.24) is 14.8 Å². The number of rotatable bonds is 14. The van der Waals surface area contributed by atoms with Crippen LogP contribution in [0.15, 0.2) is 73.1 Å². The summed E-state index contributed by atoms with van der Waals surface area (Å²) in [5.41, 5.74) is 2.31. The largest absolute Gasteiger partial charge is 0.497 e. The lowest BCUT2D eigenvalue weighted by Crippen LogP contribution is -2.42. The Morgan fingerprint density at radius 1 is 0.756 bits per heavy atom. The van der Waals surface area contributed by atoms with Gasteiger partial charge in [0.25, 0.3) is 0 Å². The first-order valence-electron chi connectivity index (χ1n) is 12.8. The molecule has 3 rings (SSSR count). The van der Waals surface area contributed by atoms with Gasteiger partial charge in [0, 0.05) is 38.6 Å². The lowest BCUT2D eigenvalue weighted by atomic mass is 9.96. The van der Waals surface area contributed by atoms with Crippen molar-refractivity contribution in [3.63, 3.8) is 0 Å². The van der Waals surface area contributed by atoms with Crippen LogP contribution in [0.1, 0.15) is 24.0 Å². The number of hydrogen-bond donors (Lipinski definition) is 4. The van der Waals surface area contributed by atoms with E-state index in [1.54, 1.807) is 7.11 Å². The second-order valence-corrected chi connectivity index (χ2v) is 9.77. The van der Waals surface area contributed by atoms with Crippen LogP contribution in [0.5, 0.6) is 5.75 Å². The molecule has 0 bridgehead atoms. The van der Waals surface area contributed by atoms with Gasteiger partial charge >= 0.3 is 17.9 Å². The topological polar surface area (TPSA) is 161 Å². The van der Waals surface area contributed by atoms with Crippen LogP contribution in [-0.4, -0.2) is 93.0 Å². The molecule has 0 amide bonds. The monoisotopic (exact) mass is 567 g/mol. The highest BCUT2D eigenvalue weighted by Crippen LogP contribution is 2.23. The Morgan fingerprint density at radius 2 is 1.22 bits per heavy atom. The molecule has 0 spiro atoms. The van der Waals surface area contributed by atoms with Crippen molar-refractivity contribution < 1.29 is 39.5 Å². The molecule has 41 heavy (non-hydrogen) atoms. The molecule has 0 radical (unpaired) electrons. The second kappa shape index (κ2) is 16.1. The number of carboxylic acids is 3. The minimum atomic E-state index is -2.74. The van der Waals surface area contributed by atoms with Gasteiger partial charge in [0.2, 0.25) is 0 Å². The Bertz CT molecular complexity index is 1230. The number of pyridine rings is 1. The van der Waals surface area contributed by atoms with Crippen LogP contribution in [-0.2, 0) is 27.5 Å². The molecule has 3 aromatic rings. The van der Waals surface area contributed by atoms with Crippen LogP contribution in [0.3, 0.4) is 0 Å². The molecule has 220 valence electrons.